The van der Waals surface area contributed by atoms with E-state index in [4.69, 9.17) is 4.74 Å². The van der Waals surface area contributed by atoms with Crippen molar-refractivity contribution in [2.24, 2.45) is 0 Å². The van der Waals surface area contributed by atoms with Gasteiger partial charge in [0.2, 0.25) is 5.88 Å². The Morgan fingerprint density at radius 1 is 1.43 bits per heavy atom. The lowest BCUT2D eigenvalue weighted by Gasteiger charge is -2.09. The number of halogens is 1. The van der Waals surface area contributed by atoms with Crippen molar-refractivity contribution in [1.29, 1.82) is 0 Å². The molecule has 0 aliphatic rings. The standard InChI is InChI=1S/C14H13FN2O4/c1-8-5-13(11(15)7-12(8)17(19)20)21-14-6-10(9(2)18)3-4-16-14/h3-7,9,18H,1-2H3/t9-/m0/s1. The average Bonchev–Trinajstić information content (AvgIpc) is 2.42. The van der Waals surface area contributed by atoms with Gasteiger partial charge >= 0.3 is 0 Å². The molecule has 0 spiro atoms. The first-order chi connectivity index (χ1) is 9.88. The van der Waals surface area contributed by atoms with Crippen LogP contribution in [0.3, 0.4) is 0 Å². The van der Waals surface area contributed by atoms with Crippen molar-refractivity contribution in [3.8, 4) is 11.6 Å². The first kappa shape index (κ1) is 14.9. The van der Waals surface area contributed by atoms with E-state index in [0.717, 1.165) is 6.07 Å². The van der Waals surface area contributed by atoms with Crippen LogP contribution in [0.4, 0.5) is 10.1 Å². The van der Waals surface area contributed by atoms with Crippen LogP contribution in [0.15, 0.2) is 30.5 Å². The lowest BCUT2D eigenvalue weighted by Crippen LogP contribution is -1.98. The highest BCUT2D eigenvalue weighted by molar-refractivity contribution is 5.46. The van der Waals surface area contributed by atoms with Crippen LogP contribution < -0.4 is 4.74 Å². The van der Waals surface area contributed by atoms with Gasteiger partial charge in [0.25, 0.3) is 5.69 Å². The van der Waals surface area contributed by atoms with Crippen LogP contribution in [0.5, 0.6) is 11.6 Å². The SMILES string of the molecule is Cc1cc(Oc2cc([C@H](C)O)ccn2)c(F)cc1[N+](=O)[O-]. The molecule has 0 amide bonds. The zero-order chi connectivity index (χ0) is 15.6. The minimum absolute atomic E-state index is 0.0977. The predicted octanol–water partition coefficient (Wildman–Crippen LogP) is 3.28. The Balaban J connectivity index is 2.34. The molecule has 0 fully saturated rings. The number of hydrogen-bond donors (Lipinski definition) is 1. The van der Waals surface area contributed by atoms with E-state index in [1.165, 1.54) is 25.3 Å². The summed E-state index contributed by atoms with van der Waals surface area (Å²) >= 11 is 0. The molecule has 0 saturated heterocycles. The van der Waals surface area contributed by atoms with Gasteiger partial charge < -0.3 is 9.84 Å². The molecule has 0 aliphatic heterocycles. The smallest absolute Gasteiger partial charge is 0.275 e. The molecule has 1 atom stereocenters. The molecule has 0 saturated carbocycles. The molecule has 2 rings (SSSR count). The molecule has 21 heavy (non-hydrogen) atoms. The molecule has 7 heteroatoms. The Kier molecular flexibility index (Phi) is 4.13. The first-order valence-electron chi connectivity index (χ1n) is 6.15. The van der Waals surface area contributed by atoms with E-state index in [0.29, 0.717) is 5.56 Å². The van der Waals surface area contributed by atoms with Crippen molar-refractivity contribution in [2.75, 3.05) is 0 Å². The van der Waals surface area contributed by atoms with Crippen molar-refractivity contribution in [3.05, 3.63) is 57.5 Å². The number of hydrogen-bond acceptors (Lipinski definition) is 5. The topological polar surface area (TPSA) is 85.5 Å². The van der Waals surface area contributed by atoms with Gasteiger partial charge in [0, 0.05) is 17.8 Å². The number of pyridine rings is 1. The second-order valence-electron chi connectivity index (χ2n) is 4.53. The summed E-state index contributed by atoms with van der Waals surface area (Å²) in [6.45, 7) is 3.07. The van der Waals surface area contributed by atoms with Gasteiger partial charge in [-0.1, -0.05) is 0 Å². The van der Waals surface area contributed by atoms with E-state index in [-0.39, 0.29) is 22.9 Å². The molecule has 1 N–H and O–H groups in total. The fraction of sp³-hybridized carbons (Fsp3) is 0.214. The summed E-state index contributed by atoms with van der Waals surface area (Å²) in [5.74, 6) is -0.912. The molecule has 0 radical (unpaired) electrons. The average molecular weight is 292 g/mol. The van der Waals surface area contributed by atoms with Crippen molar-refractivity contribution in [3.63, 3.8) is 0 Å². The second kappa shape index (κ2) is 5.84. The van der Waals surface area contributed by atoms with E-state index in [2.05, 4.69) is 4.98 Å². The molecule has 6 nitrogen and oxygen atoms in total. The minimum atomic E-state index is -0.850. The molecule has 0 aliphatic carbocycles. The van der Waals surface area contributed by atoms with E-state index in [1.807, 2.05) is 0 Å². The summed E-state index contributed by atoms with van der Waals surface area (Å²) in [6.07, 6.45) is 0.715. The van der Waals surface area contributed by atoms with Crippen molar-refractivity contribution >= 4 is 5.69 Å². The van der Waals surface area contributed by atoms with Crippen molar-refractivity contribution in [1.82, 2.24) is 4.98 Å². The zero-order valence-corrected chi connectivity index (χ0v) is 11.4. The molecule has 0 bridgehead atoms. The Morgan fingerprint density at radius 3 is 2.76 bits per heavy atom. The normalized spacial score (nSPS) is 12.0. The lowest BCUT2D eigenvalue weighted by atomic mass is 10.2. The van der Waals surface area contributed by atoms with Crippen LogP contribution in [-0.4, -0.2) is 15.0 Å². The van der Waals surface area contributed by atoms with Crippen LogP contribution in [0.25, 0.3) is 0 Å². The third-order valence-electron chi connectivity index (χ3n) is 2.90. The minimum Gasteiger partial charge on any atom is -0.436 e. The molecule has 2 aromatic rings. The van der Waals surface area contributed by atoms with Crippen molar-refractivity contribution in [2.45, 2.75) is 20.0 Å². The largest absolute Gasteiger partial charge is 0.436 e. The summed E-state index contributed by atoms with van der Waals surface area (Å²) < 4.78 is 19.1. The maximum Gasteiger partial charge on any atom is 0.275 e. The molecular formula is C14H13FN2O4. The molecule has 0 unspecified atom stereocenters. The number of aliphatic hydroxyl groups excluding tert-OH is 1. The fourth-order valence-electron chi connectivity index (χ4n) is 1.77. The predicted molar refractivity (Wildman–Crippen MR) is 72.7 cm³/mol. The second-order valence-corrected chi connectivity index (χ2v) is 4.53. The maximum absolute atomic E-state index is 13.8. The fourth-order valence-corrected chi connectivity index (χ4v) is 1.77. The van der Waals surface area contributed by atoms with E-state index >= 15 is 0 Å². The molecule has 1 aromatic carbocycles. The number of nitro groups is 1. The highest BCUT2D eigenvalue weighted by Gasteiger charge is 2.17. The highest BCUT2D eigenvalue weighted by Crippen LogP contribution is 2.30. The maximum atomic E-state index is 13.8. The van der Waals surface area contributed by atoms with E-state index < -0.39 is 16.8 Å². The number of benzene rings is 1. The van der Waals surface area contributed by atoms with Crippen LogP contribution in [-0.2, 0) is 0 Å². The van der Waals surface area contributed by atoms with Gasteiger partial charge in [-0.15, -0.1) is 0 Å². The molecular weight excluding hydrogens is 279 g/mol. The summed E-state index contributed by atoms with van der Waals surface area (Å²) in [7, 11) is 0. The molecule has 1 heterocycles. The number of aromatic nitrogens is 1. The number of aryl methyl sites for hydroxylation is 1. The quantitative estimate of drug-likeness (QED) is 0.690. The molecule has 110 valence electrons. The van der Waals surface area contributed by atoms with E-state index in [1.54, 1.807) is 13.0 Å². The van der Waals surface area contributed by atoms with Gasteiger partial charge in [0.1, 0.15) is 0 Å². The summed E-state index contributed by atoms with van der Waals surface area (Å²) in [4.78, 5) is 14.0. The molecule has 1 aromatic heterocycles. The Bertz CT molecular complexity index is 689. The highest BCUT2D eigenvalue weighted by atomic mass is 19.1. The van der Waals surface area contributed by atoms with Crippen LogP contribution in [0, 0.1) is 22.9 Å². The van der Waals surface area contributed by atoms with Gasteiger partial charge in [0.05, 0.1) is 17.1 Å². The number of aliphatic hydroxyl groups is 1. The summed E-state index contributed by atoms with van der Waals surface area (Å²) in [5, 5.41) is 20.2. The van der Waals surface area contributed by atoms with Gasteiger partial charge in [-0.25, -0.2) is 9.37 Å². The zero-order valence-electron chi connectivity index (χ0n) is 11.4. The van der Waals surface area contributed by atoms with Gasteiger partial charge in [0.15, 0.2) is 11.6 Å². The Labute approximate surface area is 120 Å². The van der Waals surface area contributed by atoms with Gasteiger partial charge in [-0.2, -0.15) is 0 Å². The van der Waals surface area contributed by atoms with Crippen LogP contribution in [0.1, 0.15) is 24.2 Å². The van der Waals surface area contributed by atoms with E-state index in [9.17, 15) is 19.6 Å². The third-order valence-corrected chi connectivity index (χ3v) is 2.90. The Morgan fingerprint density at radius 2 is 2.14 bits per heavy atom. The number of rotatable bonds is 4. The monoisotopic (exact) mass is 292 g/mol. The van der Waals surface area contributed by atoms with Gasteiger partial charge in [-0.3, -0.25) is 10.1 Å². The Hall–Kier alpha value is -2.54. The van der Waals surface area contributed by atoms with Crippen molar-refractivity contribution < 1.29 is 19.2 Å². The first-order valence-corrected chi connectivity index (χ1v) is 6.15. The van der Waals surface area contributed by atoms with Gasteiger partial charge in [-0.05, 0) is 31.5 Å². The van der Waals surface area contributed by atoms with Crippen LogP contribution >= 0.6 is 0 Å². The summed E-state index contributed by atoms with van der Waals surface area (Å²) in [6, 6.07) is 5.13. The number of ether oxygens (including phenoxy) is 1. The lowest BCUT2D eigenvalue weighted by molar-refractivity contribution is -0.385. The number of nitrogens with zero attached hydrogens (tertiary/aromatic N) is 2. The summed E-state index contributed by atoms with van der Waals surface area (Å²) in [5.41, 5.74) is 0.535. The number of nitro benzene ring substituents is 1. The third kappa shape index (κ3) is 3.32. The van der Waals surface area contributed by atoms with Crippen LogP contribution in [0.2, 0.25) is 0 Å².